The number of esters is 2. The zero-order valence-electron chi connectivity index (χ0n) is 22.1. The summed E-state index contributed by atoms with van der Waals surface area (Å²) < 4.78 is 22.8. The van der Waals surface area contributed by atoms with Gasteiger partial charge in [-0.25, -0.2) is 9.59 Å². The summed E-state index contributed by atoms with van der Waals surface area (Å²) in [5.74, 6) is 0.221. The highest BCUT2D eigenvalue weighted by Gasteiger charge is 2.27. The van der Waals surface area contributed by atoms with Gasteiger partial charge in [0.15, 0.2) is 22.5 Å². The summed E-state index contributed by atoms with van der Waals surface area (Å²) in [6, 6.07) is 5.46. The number of amides is 1. The van der Waals surface area contributed by atoms with E-state index in [-0.39, 0.29) is 40.3 Å². The minimum absolute atomic E-state index is 0.00196. The van der Waals surface area contributed by atoms with Gasteiger partial charge < -0.3 is 28.8 Å². The van der Waals surface area contributed by atoms with E-state index < -0.39 is 11.9 Å². The van der Waals surface area contributed by atoms with Crippen LogP contribution >= 0.6 is 23.1 Å². The maximum atomic E-state index is 12.9. The number of anilines is 1. The number of hydrogen-bond acceptors (Lipinski definition) is 11. The van der Waals surface area contributed by atoms with E-state index in [0.717, 1.165) is 16.9 Å². The maximum Gasteiger partial charge on any atom is 0.348 e. The first-order valence-electron chi connectivity index (χ1n) is 11.8. The van der Waals surface area contributed by atoms with Gasteiger partial charge in [0.1, 0.15) is 9.88 Å². The maximum absolute atomic E-state index is 12.9. The molecule has 0 radical (unpaired) electrons. The molecule has 204 valence electrons. The van der Waals surface area contributed by atoms with E-state index in [1.165, 1.54) is 11.8 Å². The van der Waals surface area contributed by atoms with Crippen LogP contribution in [0.2, 0.25) is 0 Å². The summed E-state index contributed by atoms with van der Waals surface area (Å²) in [6.07, 6.45) is 0. The fraction of sp³-hybridized carbons (Fsp3) is 0.400. The lowest BCUT2D eigenvalue weighted by atomic mass is 10.1. The number of carbonyl (C=O) groups is 3. The van der Waals surface area contributed by atoms with Crippen molar-refractivity contribution in [3.8, 4) is 22.9 Å². The van der Waals surface area contributed by atoms with Crippen LogP contribution in [0.15, 0.2) is 23.4 Å². The Hall–Kier alpha value is -3.58. The van der Waals surface area contributed by atoms with Gasteiger partial charge in [0, 0.05) is 12.1 Å². The van der Waals surface area contributed by atoms with Gasteiger partial charge in [-0.05, 0) is 51.5 Å². The Balaban J connectivity index is 1.80. The Morgan fingerprint density at radius 1 is 1.00 bits per heavy atom. The highest BCUT2D eigenvalue weighted by Crippen LogP contribution is 2.35. The van der Waals surface area contributed by atoms with Crippen LogP contribution < -0.4 is 14.8 Å². The number of thiophene rings is 1. The van der Waals surface area contributed by atoms with Crippen molar-refractivity contribution < 1.29 is 33.3 Å². The lowest BCUT2D eigenvalue weighted by Gasteiger charge is -2.11. The molecule has 0 aliphatic heterocycles. The smallest absolute Gasteiger partial charge is 0.348 e. The first kappa shape index (κ1) is 29.0. The van der Waals surface area contributed by atoms with Crippen molar-refractivity contribution in [2.75, 3.05) is 38.5 Å². The minimum Gasteiger partial charge on any atom is -0.493 e. The molecule has 0 bridgehead atoms. The third kappa shape index (κ3) is 6.27. The van der Waals surface area contributed by atoms with E-state index in [9.17, 15) is 14.4 Å². The molecule has 0 fully saturated rings. The van der Waals surface area contributed by atoms with Gasteiger partial charge in [-0.1, -0.05) is 11.8 Å². The van der Waals surface area contributed by atoms with Crippen molar-refractivity contribution in [1.29, 1.82) is 0 Å². The van der Waals surface area contributed by atoms with E-state index in [2.05, 4.69) is 15.5 Å². The van der Waals surface area contributed by atoms with Crippen molar-refractivity contribution in [1.82, 2.24) is 14.8 Å². The predicted molar refractivity (Wildman–Crippen MR) is 145 cm³/mol. The molecule has 2 heterocycles. The number of nitrogens with zero attached hydrogens (tertiary/aromatic N) is 3. The Labute approximate surface area is 228 Å². The van der Waals surface area contributed by atoms with Gasteiger partial charge in [-0.3, -0.25) is 4.79 Å². The summed E-state index contributed by atoms with van der Waals surface area (Å²) in [5, 5.41) is 12.1. The van der Waals surface area contributed by atoms with Crippen molar-refractivity contribution in [2.24, 2.45) is 0 Å². The predicted octanol–water partition coefficient (Wildman–Crippen LogP) is 4.44. The monoisotopic (exact) mass is 562 g/mol. The zero-order chi connectivity index (χ0) is 27.8. The lowest BCUT2D eigenvalue weighted by molar-refractivity contribution is -0.113. The number of ether oxygens (including phenoxy) is 4. The average Bonchev–Trinajstić information content (AvgIpc) is 3.47. The molecule has 0 saturated carbocycles. The molecule has 0 spiro atoms. The molecule has 0 unspecified atom stereocenters. The number of aromatic nitrogens is 3. The number of rotatable bonds is 12. The summed E-state index contributed by atoms with van der Waals surface area (Å²) >= 11 is 2.18. The second kappa shape index (κ2) is 13.3. The SMILES string of the molecule is CCOC(=O)c1sc(NC(=O)CSc2nnc(-c3ccc(OC)c(OC)c3)n2CC)c(C(=O)OCC)c1C. The molecule has 0 saturated heterocycles. The minimum atomic E-state index is -0.620. The van der Waals surface area contributed by atoms with Crippen LogP contribution in [0.5, 0.6) is 11.5 Å². The van der Waals surface area contributed by atoms with Crippen LogP contribution in [-0.2, 0) is 20.8 Å². The van der Waals surface area contributed by atoms with Crippen molar-refractivity contribution in [3.05, 3.63) is 34.2 Å². The molecule has 1 N–H and O–H groups in total. The van der Waals surface area contributed by atoms with Gasteiger partial charge in [0.25, 0.3) is 0 Å². The fourth-order valence-electron chi connectivity index (χ4n) is 3.60. The number of benzene rings is 1. The van der Waals surface area contributed by atoms with E-state index in [1.807, 2.05) is 23.6 Å². The molecule has 13 heteroatoms. The molecule has 3 aromatic rings. The van der Waals surface area contributed by atoms with Crippen LogP contribution in [0.1, 0.15) is 46.4 Å². The first-order chi connectivity index (χ1) is 18.3. The van der Waals surface area contributed by atoms with Crippen LogP contribution in [0, 0.1) is 6.92 Å². The highest BCUT2D eigenvalue weighted by atomic mass is 32.2. The van der Waals surface area contributed by atoms with E-state index in [0.29, 0.717) is 34.6 Å². The average molecular weight is 563 g/mol. The number of thioether (sulfide) groups is 1. The molecular formula is C25H30N4O7S2. The molecule has 3 rings (SSSR count). The second-order valence-electron chi connectivity index (χ2n) is 7.66. The molecule has 11 nitrogen and oxygen atoms in total. The first-order valence-corrected chi connectivity index (χ1v) is 13.6. The Bertz CT molecular complexity index is 1320. The molecule has 1 aromatic carbocycles. The van der Waals surface area contributed by atoms with Crippen LogP contribution in [0.3, 0.4) is 0 Å². The molecule has 0 aliphatic carbocycles. The number of hydrogen-bond donors (Lipinski definition) is 1. The summed E-state index contributed by atoms with van der Waals surface area (Å²) in [4.78, 5) is 38.1. The molecule has 38 heavy (non-hydrogen) atoms. The van der Waals surface area contributed by atoms with E-state index >= 15 is 0 Å². The molecular weight excluding hydrogens is 532 g/mol. The number of nitrogens with one attached hydrogen (secondary N) is 1. The Morgan fingerprint density at radius 2 is 1.68 bits per heavy atom. The van der Waals surface area contributed by atoms with Gasteiger partial charge in [0.05, 0.1) is 38.7 Å². The standard InChI is InChI=1S/C25H30N4O7S2/c1-7-29-21(15-10-11-16(33-5)17(12-15)34-6)27-28-25(29)37-13-18(30)26-22-19(23(31)35-8-2)14(4)20(38-22)24(32)36-9-3/h10-12H,7-9,13H2,1-6H3,(H,26,30). The molecule has 0 aliphatic rings. The topological polar surface area (TPSA) is 131 Å². The van der Waals surface area contributed by atoms with Gasteiger partial charge in [0.2, 0.25) is 5.91 Å². The van der Waals surface area contributed by atoms with Crippen LogP contribution in [0.25, 0.3) is 11.4 Å². The number of carbonyl (C=O) groups excluding carboxylic acids is 3. The van der Waals surface area contributed by atoms with Crippen molar-refractivity contribution >= 4 is 45.9 Å². The molecule has 2 aromatic heterocycles. The van der Waals surface area contributed by atoms with Crippen molar-refractivity contribution in [3.63, 3.8) is 0 Å². The zero-order valence-corrected chi connectivity index (χ0v) is 23.7. The Morgan fingerprint density at radius 3 is 2.32 bits per heavy atom. The summed E-state index contributed by atoms with van der Waals surface area (Å²) in [6.45, 7) is 7.86. The second-order valence-corrected chi connectivity index (χ2v) is 9.62. The molecule has 0 atom stereocenters. The summed E-state index contributed by atoms with van der Waals surface area (Å²) in [7, 11) is 3.13. The third-order valence-corrected chi connectivity index (χ3v) is 7.50. The largest absolute Gasteiger partial charge is 0.493 e. The Kier molecular flexibility index (Phi) is 10.1. The number of methoxy groups -OCH3 is 2. The fourth-order valence-corrected chi connectivity index (χ4v) is 5.51. The normalized spacial score (nSPS) is 10.7. The molecule has 1 amide bonds. The van der Waals surface area contributed by atoms with Crippen molar-refractivity contribution in [2.45, 2.75) is 39.4 Å². The highest BCUT2D eigenvalue weighted by molar-refractivity contribution is 7.99. The third-order valence-electron chi connectivity index (χ3n) is 5.35. The van der Waals surface area contributed by atoms with Crippen LogP contribution in [0.4, 0.5) is 5.00 Å². The van der Waals surface area contributed by atoms with Gasteiger partial charge in [-0.2, -0.15) is 0 Å². The quantitative estimate of drug-likeness (QED) is 0.250. The van der Waals surface area contributed by atoms with Gasteiger partial charge >= 0.3 is 11.9 Å². The van der Waals surface area contributed by atoms with E-state index in [1.54, 1.807) is 41.1 Å². The lowest BCUT2D eigenvalue weighted by Crippen LogP contribution is -2.17. The van der Waals surface area contributed by atoms with Crippen LogP contribution in [-0.4, -0.2) is 65.8 Å². The van der Waals surface area contributed by atoms with E-state index in [4.69, 9.17) is 18.9 Å². The summed E-state index contributed by atoms with van der Waals surface area (Å²) in [5.41, 5.74) is 1.33. The van der Waals surface area contributed by atoms with Gasteiger partial charge in [-0.15, -0.1) is 21.5 Å².